The Labute approximate surface area is 134 Å². The number of likely N-dealkylation sites (N-methyl/N-ethyl adjacent to an activating group) is 1. The second kappa shape index (κ2) is 6.79. The fourth-order valence-electron chi connectivity index (χ4n) is 2.11. The van der Waals surface area contributed by atoms with E-state index in [4.69, 9.17) is 0 Å². The first-order valence-corrected chi connectivity index (χ1v) is 7.97. The molecule has 0 spiro atoms. The number of Topliss-reactive ketones (excluding diaryl/α,β-unsaturated/α-hetero) is 1. The average Bonchev–Trinajstić information content (AvgIpc) is 3.06. The summed E-state index contributed by atoms with van der Waals surface area (Å²) in [7, 11) is 1.69. The molecule has 0 fully saturated rings. The number of hydrogen-bond donors (Lipinski definition) is 0. The maximum absolute atomic E-state index is 12.5. The van der Waals surface area contributed by atoms with Crippen molar-refractivity contribution in [3.8, 4) is 0 Å². The fraction of sp³-hybridized carbons (Fsp3) is 0.375. The van der Waals surface area contributed by atoms with Gasteiger partial charge in [-0.25, -0.2) is 0 Å². The van der Waals surface area contributed by atoms with Crippen LogP contribution in [0.25, 0.3) is 0 Å². The van der Waals surface area contributed by atoms with Gasteiger partial charge in [-0.05, 0) is 12.5 Å². The summed E-state index contributed by atoms with van der Waals surface area (Å²) in [5, 5.41) is 8.21. The molecule has 1 heterocycles. The van der Waals surface area contributed by atoms with Crippen LogP contribution in [0.5, 0.6) is 0 Å². The number of benzene rings is 1. The van der Waals surface area contributed by atoms with Gasteiger partial charge in [0.1, 0.15) is 5.51 Å². The van der Waals surface area contributed by atoms with Crippen molar-refractivity contribution in [2.45, 2.75) is 26.7 Å². The molecule has 22 heavy (non-hydrogen) atoms. The van der Waals surface area contributed by atoms with E-state index in [0.717, 1.165) is 5.56 Å². The van der Waals surface area contributed by atoms with Gasteiger partial charge in [-0.1, -0.05) is 49.4 Å². The maximum atomic E-state index is 12.5. The summed E-state index contributed by atoms with van der Waals surface area (Å²) in [6, 6.07) is 7.25. The number of aromatic nitrogens is 2. The molecule has 0 aliphatic carbocycles. The molecule has 0 radical (unpaired) electrons. The van der Waals surface area contributed by atoms with Gasteiger partial charge in [0.2, 0.25) is 11.0 Å². The van der Waals surface area contributed by atoms with Gasteiger partial charge in [0, 0.05) is 18.5 Å². The van der Waals surface area contributed by atoms with Gasteiger partial charge in [-0.15, -0.1) is 10.2 Å². The maximum Gasteiger partial charge on any atom is 0.235 e. The van der Waals surface area contributed by atoms with Crippen LogP contribution in [0.4, 0.5) is 5.13 Å². The molecular formula is C16H19N3O2S. The predicted molar refractivity (Wildman–Crippen MR) is 87.3 cm³/mol. The minimum Gasteiger partial charge on any atom is -0.294 e. The lowest BCUT2D eigenvalue weighted by Gasteiger charge is -2.19. The van der Waals surface area contributed by atoms with Crippen LogP contribution in [0, 0.1) is 5.92 Å². The topological polar surface area (TPSA) is 63.2 Å². The number of anilines is 1. The fourth-order valence-corrected chi connectivity index (χ4v) is 2.64. The van der Waals surface area contributed by atoms with Gasteiger partial charge in [-0.2, -0.15) is 0 Å². The van der Waals surface area contributed by atoms with Crippen molar-refractivity contribution in [1.29, 1.82) is 0 Å². The summed E-state index contributed by atoms with van der Waals surface area (Å²) in [5.41, 5.74) is 3.15. The Bertz CT molecular complexity index is 651. The summed E-state index contributed by atoms with van der Waals surface area (Å²) in [5.74, 6) is -0.290. The second-order valence-corrected chi connectivity index (χ2v) is 6.29. The molecule has 1 amide bonds. The Morgan fingerprint density at radius 3 is 2.27 bits per heavy atom. The molecule has 1 aromatic heterocycles. The average molecular weight is 317 g/mol. The summed E-state index contributed by atoms with van der Waals surface area (Å²) >= 11 is 1.32. The van der Waals surface area contributed by atoms with E-state index < -0.39 is 0 Å². The van der Waals surface area contributed by atoms with E-state index in [1.165, 1.54) is 16.2 Å². The van der Waals surface area contributed by atoms with Crippen LogP contribution in [-0.2, 0) is 4.79 Å². The van der Waals surface area contributed by atoms with Crippen molar-refractivity contribution in [2.75, 3.05) is 11.9 Å². The highest BCUT2D eigenvalue weighted by Crippen LogP contribution is 2.23. The van der Waals surface area contributed by atoms with Crippen LogP contribution in [0.15, 0.2) is 29.8 Å². The molecule has 2 aromatic rings. The molecule has 0 bridgehead atoms. The molecule has 0 saturated heterocycles. The number of carbonyl (C=O) groups is 2. The molecule has 0 N–H and O–H groups in total. The van der Waals surface area contributed by atoms with Crippen molar-refractivity contribution in [1.82, 2.24) is 10.2 Å². The highest BCUT2D eigenvalue weighted by molar-refractivity contribution is 7.13. The number of hydrogen-bond acceptors (Lipinski definition) is 5. The molecule has 1 atom stereocenters. The Hall–Kier alpha value is -2.08. The van der Waals surface area contributed by atoms with Crippen molar-refractivity contribution >= 4 is 28.2 Å². The third kappa shape index (κ3) is 3.39. The van der Waals surface area contributed by atoms with Crippen molar-refractivity contribution in [3.05, 3.63) is 40.9 Å². The molecule has 0 saturated carbocycles. The zero-order valence-corrected chi connectivity index (χ0v) is 13.9. The van der Waals surface area contributed by atoms with Gasteiger partial charge in [0.15, 0.2) is 5.78 Å². The van der Waals surface area contributed by atoms with Crippen LogP contribution in [0.3, 0.4) is 0 Å². The highest BCUT2D eigenvalue weighted by Gasteiger charge is 2.22. The van der Waals surface area contributed by atoms with Crippen molar-refractivity contribution < 1.29 is 9.59 Å². The first-order valence-electron chi connectivity index (χ1n) is 7.09. The Kier molecular flexibility index (Phi) is 5.03. The third-order valence-electron chi connectivity index (χ3n) is 3.56. The van der Waals surface area contributed by atoms with Crippen LogP contribution >= 0.6 is 11.3 Å². The number of nitrogens with zero attached hydrogens (tertiary/aromatic N) is 3. The Morgan fingerprint density at radius 2 is 1.77 bits per heavy atom. The van der Waals surface area contributed by atoms with Crippen LogP contribution in [0.2, 0.25) is 0 Å². The molecule has 1 aromatic carbocycles. The highest BCUT2D eigenvalue weighted by atomic mass is 32.1. The van der Waals surface area contributed by atoms with Gasteiger partial charge in [0.25, 0.3) is 0 Å². The number of ketones is 1. The monoisotopic (exact) mass is 317 g/mol. The lowest BCUT2D eigenvalue weighted by Crippen LogP contribution is -2.30. The van der Waals surface area contributed by atoms with E-state index in [1.54, 1.807) is 24.7 Å². The summed E-state index contributed by atoms with van der Waals surface area (Å²) < 4.78 is 0. The number of amides is 1. The lowest BCUT2D eigenvalue weighted by molar-refractivity contribution is -0.119. The van der Waals surface area contributed by atoms with E-state index in [0.29, 0.717) is 10.7 Å². The smallest absolute Gasteiger partial charge is 0.235 e. The van der Waals surface area contributed by atoms with Gasteiger partial charge < -0.3 is 0 Å². The van der Waals surface area contributed by atoms with Crippen LogP contribution in [-0.4, -0.2) is 28.9 Å². The lowest BCUT2D eigenvalue weighted by atomic mass is 9.95. The SMILES string of the molecule is CC(C)C(=O)c1ccc(C(C)C(=O)N(C)c2nncs2)cc1. The van der Waals surface area contributed by atoms with Crippen molar-refractivity contribution in [2.24, 2.45) is 5.92 Å². The minimum atomic E-state index is -0.308. The normalized spacial score (nSPS) is 12.2. The van der Waals surface area contributed by atoms with E-state index in [9.17, 15) is 9.59 Å². The Morgan fingerprint density at radius 1 is 1.14 bits per heavy atom. The summed E-state index contributed by atoms with van der Waals surface area (Å²) in [6.07, 6.45) is 0. The molecular weight excluding hydrogens is 298 g/mol. The Balaban J connectivity index is 2.14. The largest absolute Gasteiger partial charge is 0.294 e. The zero-order valence-electron chi connectivity index (χ0n) is 13.1. The number of rotatable bonds is 5. The number of carbonyl (C=O) groups excluding carboxylic acids is 2. The standard InChI is InChI=1S/C16H19N3O2S/c1-10(2)14(20)13-7-5-12(6-8-13)11(3)15(21)19(4)16-18-17-9-22-16/h5-11H,1-4H3. The van der Waals surface area contributed by atoms with Gasteiger partial charge in [-0.3, -0.25) is 14.5 Å². The van der Waals surface area contributed by atoms with Gasteiger partial charge >= 0.3 is 0 Å². The predicted octanol–water partition coefficient (Wildman–Crippen LogP) is 3.14. The van der Waals surface area contributed by atoms with E-state index in [2.05, 4.69) is 10.2 Å². The van der Waals surface area contributed by atoms with E-state index in [-0.39, 0.29) is 23.5 Å². The molecule has 5 nitrogen and oxygen atoms in total. The molecule has 1 unspecified atom stereocenters. The van der Waals surface area contributed by atoms with E-state index >= 15 is 0 Å². The van der Waals surface area contributed by atoms with E-state index in [1.807, 2.05) is 32.9 Å². The quantitative estimate of drug-likeness (QED) is 0.795. The van der Waals surface area contributed by atoms with Gasteiger partial charge in [0.05, 0.1) is 5.92 Å². The molecule has 6 heteroatoms. The van der Waals surface area contributed by atoms with Crippen LogP contribution in [0.1, 0.15) is 42.6 Å². The first kappa shape index (κ1) is 16.3. The molecule has 116 valence electrons. The molecule has 2 rings (SSSR count). The first-order chi connectivity index (χ1) is 10.4. The van der Waals surface area contributed by atoms with Crippen LogP contribution < -0.4 is 4.90 Å². The third-order valence-corrected chi connectivity index (χ3v) is 4.32. The summed E-state index contributed by atoms with van der Waals surface area (Å²) in [6.45, 7) is 5.60. The molecule has 0 aliphatic heterocycles. The molecule has 0 aliphatic rings. The zero-order chi connectivity index (χ0) is 16.3. The minimum absolute atomic E-state index is 0.0339. The summed E-state index contributed by atoms with van der Waals surface area (Å²) in [4.78, 5) is 25.9. The van der Waals surface area contributed by atoms with Crippen molar-refractivity contribution in [3.63, 3.8) is 0 Å². The second-order valence-electron chi connectivity index (χ2n) is 5.48.